The molecule has 24 heavy (non-hydrogen) atoms. The van der Waals surface area contributed by atoms with Crippen molar-refractivity contribution < 1.29 is 18.0 Å². The molecule has 0 atom stereocenters. The van der Waals surface area contributed by atoms with Crippen LogP contribution >= 0.6 is 11.3 Å². The Kier molecular flexibility index (Phi) is 3.99. The molecule has 1 aromatic heterocycles. The van der Waals surface area contributed by atoms with Crippen LogP contribution in [0.2, 0.25) is 0 Å². The fourth-order valence-electron chi connectivity index (χ4n) is 2.91. The zero-order valence-electron chi connectivity index (χ0n) is 14.0. The summed E-state index contributed by atoms with van der Waals surface area (Å²) in [4.78, 5) is 30.7. The summed E-state index contributed by atoms with van der Waals surface area (Å²) in [6, 6.07) is -0.466. The number of hydrogen-bond acceptors (Lipinski definition) is 6. The molecular weight excluding hydrogens is 350 g/mol. The molecule has 3 heterocycles. The summed E-state index contributed by atoms with van der Waals surface area (Å²) < 4.78 is 23.2. The molecule has 0 aliphatic carbocycles. The standard InChI is InChI=1S/C15H21N3O4S2/c1-14(2,3)10-9-23-11(16-10)8-18-12(19)15(17-13(18)20)4-6-24(21,22)7-5-15/h9H,4-8H2,1-3H3,(H,17,20). The van der Waals surface area contributed by atoms with Crippen molar-refractivity contribution in [2.24, 2.45) is 0 Å². The predicted octanol–water partition coefficient (Wildman–Crippen LogP) is 1.44. The monoisotopic (exact) mass is 371 g/mol. The second-order valence-corrected chi connectivity index (χ2v) is 10.7. The Bertz CT molecular complexity index is 778. The molecule has 0 saturated carbocycles. The topological polar surface area (TPSA) is 96.4 Å². The van der Waals surface area contributed by atoms with Crippen molar-refractivity contribution in [1.29, 1.82) is 0 Å². The van der Waals surface area contributed by atoms with Crippen molar-refractivity contribution in [1.82, 2.24) is 15.2 Å². The van der Waals surface area contributed by atoms with Crippen molar-refractivity contribution in [3.63, 3.8) is 0 Å². The van der Waals surface area contributed by atoms with Gasteiger partial charge in [0.15, 0.2) is 9.84 Å². The smallest absolute Gasteiger partial charge is 0.323 e. The zero-order chi connectivity index (χ0) is 17.8. The van der Waals surface area contributed by atoms with Crippen LogP contribution in [0.15, 0.2) is 5.38 Å². The van der Waals surface area contributed by atoms with Gasteiger partial charge in [-0.15, -0.1) is 11.3 Å². The first-order chi connectivity index (χ1) is 11.0. The maximum absolute atomic E-state index is 12.7. The van der Waals surface area contributed by atoms with Gasteiger partial charge in [0.2, 0.25) is 0 Å². The van der Waals surface area contributed by atoms with E-state index in [0.29, 0.717) is 5.01 Å². The maximum atomic E-state index is 12.7. The number of aromatic nitrogens is 1. The van der Waals surface area contributed by atoms with E-state index in [9.17, 15) is 18.0 Å². The normalized spacial score (nSPS) is 22.9. The predicted molar refractivity (Wildman–Crippen MR) is 90.5 cm³/mol. The van der Waals surface area contributed by atoms with Crippen LogP contribution in [0, 0.1) is 0 Å². The van der Waals surface area contributed by atoms with E-state index in [0.717, 1.165) is 10.6 Å². The third-order valence-electron chi connectivity index (χ3n) is 4.54. The number of carbonyl (C=O) groups excluding carboxylic acids is 2. The number of thiazole rings is 1. The molecule has 1 aromatic rings. The Balaban J connectivity index is 1.77. The Morgan fingerprint density at radius 2 is 1.92 bits per heavy atom. The third kappa shape index (κ3) is 3.06. The van der Waals surface area contributed by atoms with Crippen LogP contribution in [0.3, 0.4) is 0 Å². The van der Waals surface area contributed by atoms with Gasteiger partial charge >= 0.3 is 6.03 Å². The lowest BCUT2D eigenvalue weighted by molar-refractivity contribution is -0.132. The van der Waals surface area contributed by atoms with E-state index in [2.05, 4.69) is 31.1 Å². The minimum atomic E-state index is -3.11. The van der Waals surface area contributed by atoms with Gasteiger partial charge in [0.05, 0.1) is 23.7 Å². The molecule has 7 nitrogen and oxygen atoms in total. The fraction of sp³-hybridized carbons (Fsp3) is 0.667. The molecule has 0 radical (unpaired) electrons. The van der Waals surface area contributed by atoms with Crippen molar-refractivity contribution >= 4 is 33.1 Å². The number of hydrogen-bond donors (Lipinski definition) is 1. The third-order valence-corrected chi connectivity index (χ3v) is 7.02. The highest BCUT2D eigenvalue weighted by atomic mass is 32.2. The van der Waals surface area contributed by atoms with Crippen LogP contribution < -0.4 is 5.32 Å². The largest absolute Gasteiger partial charge is 0.325 e. The highest BCUT2D eigenvalue weighted by molar-refractivity contribution is 7.91. The van der Waals surface area contributed by atoms with E-state index >= 15 is 0 Å². The minimum Gasteiger partial charge on any atom is -0.323 e. The van der Waals surface area contributed by atoms with Crippen LogP contribution in [0.5, 0.6) is 0 Å². The van der Waals surface area contributed by atoms with E-state index < -0.39 is 21.4 Å². The SMILES string of the molecule is CC(C)(C)c1csc(CN2C(=O)NC3(CCS(=O)(=O)CC3)C2=O)n1. The molecule has 1 N–H and O–H groups in total. The molecule has 9 heteroatoms. The number of carbonyl (C=O) groups is 2. The van der Waals surface area contributed by atoms with E-state index in [-0.39, 0.29) is 42.2 Å². The van der Waals surface area contributed by atoms with Gasteiger partial charge in [0.1, 0.15) is 10.5 Å². The zero-order valence-corrected chi connectivity index (χ0v) is 15.6. The quantitative estimate of drug-likeness (QED) is 0.794. The average Bonchev–Trinajstić information content (AvgIpc) is 3.02. The lowest BCUT2D eigenvalue weighted by Gasteiger charge is -2.30. The minimum absolute atomic E-state index is 0.0711. The summed E-state index contributed by atoms with van der Waals surface area (Å²) in [7, 11) is -3.11. The van der Waals surface area contributed by atoms with Gasteiger partial charge in [0.25, 0.3) is 5.91 Å². The van der Waals surface area contributed by atoms with Gasteiger partial charge in [0, 0.05) is 10.8 Å². The van der Waals surface area contributed by atoms with Crippen LogP contribution in [-0.2, 0) is 26.6 Å². The van der Waals surface area contributed by atoms with Crippen molar-refractivity contribution in [3.8, 4) is 0 Å². The summed E-state index contributed by atoms with van der Waals surface area (Å²) in [5.41, 5.74) is -0.231. The molecule has 2 aliphatic rings. The first kappa shape index (κ1) is 17.3. The van der Waals surface area contributed by atoms with Gasteiger partial charge in [-0.2, -0.15) is 0 Å². The molecule has 3 amide bonds. The molecule has 0 aromatic carbocycles. The van der Waals surface area contributed by atoms with E-state index in [4.69, 9.17) is 0 Å². The maximum Gasteiger partial charge on any atom is 0.325 e. The van der Waals surface area contributed by atoms with Gasteiger partial charge in [-0.1, -0.05) is 20.8 Å². The molecule has 2 saturated heterocycles. The van der Waals surface area contributed by atoms with Crippen LogP contribution in [-0.4, -0.2) is 47.3 Å². The molecule has 2 fully saturated rings. The summed E-state index contributed by atoms with van der Waals surface area (Å²) in [5.74, 6) is -0.480. The van der Waals surface area contributed by atoms with Crippen LogP contribution in [0.1, 0.15) is 44.3 Å². The van der Waals surface area contributed by atoms with Crippen LogP contribution in [0.25, 0.3) is 0 Å². The van der Waals surface area contributed by atoms with Crippen molar-refractivity contribution in [3.05, 3.63) is 16.1 Å². The van der Waals surface area contributed by atoms with E-state index in [1.165, 1.54) is 11.3 Å². The number of amides is 3. The molecular formula is C15H21N3O4S2. The Morgan fingerprint density at radius 1 is 1.29 bits per heavy atom. The number of imide groups is 1. The molecule has 3 rings (SSSR count). The first-order valence-corrected chi connectivity index (χ1v) is 10.5. The Labute approximate surface area is 145 Å². The van der Waals surface area contributed by atoms with Crippen molar-refractivity contribution in [2.75, 3.05) is 11.5 Å². The lowest BCUT2D eigenvalue weighted by Crippen LogP contribution is -2.52. The molecule has 132 valence electrons. The van der Waals surface area contributed by atoms with Gasteiger partial charge in [-0.3, -0.25) is 9.69 Å². The van der Waals surface area contributed by atoms with E-state index in [1.807, 2.05) is 5.38 Å². The van der Waals surface area contributed by atoms with Gasteiger partial charge in [-0.25, -0.2) is 18.2 Å². The number of nitrogens with one attached hydrogen (secondary N) is 1. The number of urea groups is 1. The van der Waals surface area contributed by atoms with Crippen molar-refractivity contribution in [2.45, 2.75) is 51.1 Å². The lowest BCUT2D eigenvalue weighted by atomic mass is 9.92. The first-order valence-electron chi connectivity index (χ1n) is 7.82. The number of nitrogens with zero attached hydrogens (tertiary/aromatic N) is 2. The highest BCUT2D eigenvalue weighted by Gasteiger charge is 2.53. The second-order valence-electron chi connectivity index (χ2n) is 7.43. The van der Waals surface area contributed by atoms with E-state index in [1.54, 1.807) is 0 Å². The van der Waals surface area contributed by atoms with Gasteiger partial charge < -0.3 is 5.32 Å². The molecule has 0 bridgehead atoms. The summed E-state index contributed by atoms with van der Waals surface area (Å²) >= 11 is 1.42. The molecule has 0 unspecified atom stereocenters. The molecule has 2 aliphatic heterocycles. The van der Waals surface area contributed by atoms with Crippen LogP contribution in [0.4, 0.5) is 4.79 Å². The second kappa shape index (κ2) is 5.52. The highest BCUT2D eigenvalue weighted by Crippen LogP contribution is 2.32. The Morgan fingerprint density at radius 3 is 2.46 bits per heavy atom. The fourth-order valence-corrected chi connectivity index (χ4v) is 5.44. The number of sulfone groups is 1. The Hall–Kier alpha value is -1.48. The summed E-state index contributed by atoms with van der Waals surface area (Å²) in [6.07, 6.45) is 0.281. The van der Waals surface area contributed by atoms with Gasteiger partial charge in [-0.05, 0) is 12.8 Å². The average molecular weight is 371 g/mol. The summed E-state index contributed by atoms with van der Waals surface area (Å²) in [5, 5.41) is 5.35. The number of rotatable bonds is 2. The molecule has 1 spiro atoms. The summed E-state index contributed by atoms with van der Waals surface area (Å²) in [6.45, 7) is 6.28.